The molecule has 1 aromatic heterocycles. The summed E-state index contributed by atoms with van der Waals surface area (Å²) < 4.78 is 5.57. The maximum atomic E-state index is 9.06. The number of fused-ring (bicyclic) bond motifs is 1. The molecule has 3 nitrogen and oxygen atoms in total. The average Bonchev–Trinajstić information content (AvgIpc) is 2.27. The van der Waals surface area contributed by atoms with Crippen LogP contribution in [0.5, 0.6) is 5.88 Å². The second-order valence-electron chi connectivity index (χ2n) is 4.43. The molecule has 0 aromatic carbocycles. The average molecular weight is 216 g/mol. The van der Waals surface area contributed by atoms with Crippen LogP contribution in [0.4, 0.5) is 0 Å². The molecule has 16 heavy (non-hydrogen) atoms. The molecule has 0 saturated carbocycles. The van der Waals surface area contributed by atoms with Gasteiger partial charge in [-0.2, -0.15) is 5.26 Å². The zero-order chi connectivity index (χ0) is 11.5. The Labute approximate surface area is 96.1 Å². The molecule has 3 heteroatoms. The lowest BCUT2D eigenvalue weighted by atomic mass is 9.95. The van der Waals surface area contributed by atoms with Crippen LogP contribution in [0.15, 0.2) is 6.07 Å². The summed E-state index contributed by atoms with van der Waals surface area (Å²) in [6, 6.07) is 4.11. The van der Waals surface area contributed by atoms with Gasteiger partial charge < -0.3 is 4.74 Å². The molecule has 1 aromatic rings. The molecule has 0 amide bonds. The van der Waals surface area contributed by atoms with Crippen molar-refractivity contribution in [2.45, 2.75) is 45.6 Å². The van der Waals surface area contributed by atoms with E-state index in [1.165, 1.54) is 18.4 Å². The largest absolute Gasteiger partial charge is 0.474 e. The van der Waals surface area contributed by atoms with E-state index in [0.29, 0.717) is 11.4 Å². The third-order valence-corrected chi connectivity index (χ3v) is 2.73. The molecule has 0 aliphatic heterocycles. The Bertz CT molecular complexity index is 432. The van der Waals surface area contributed by atoms with Gasteiger partial charge in [-0.1, -0.05) is 0 Å². The molecule has 0 atom stereocenters. The first-order valence-electron chi connectivity index (χ1n) is 5.80. The minimum atomic E-state index is 0.0567. The molecule has 1 aliphatic rings. The van der Waals surface area contributed by atoms with Gasteiger partial charge in [-0.15, -0.1) is 0 Å². The Hall–Kier alpha value is -1.56. The normalized spacial score (nSPS) is 14.4. The van der Waals surface area contributed by atoms with E-state index in [-0.39, 0.29) is 6.10 Å². The number of nitriles is 1. The van der Waals surface area contributed by atoms with Crippen LogP contribution in [0.25, 0.3) is 0 Å². The lowest BCUT2D eigenvalue weighted by Crippen LogP contribution is -2.12. The van der Waals surface area contributed by atoms with Gasteiger partial charge in [0, 0.05) is 5.69 Å². The minimum Gasteiger partial charge on any atom is -0.474 e. The quantitative estimate of drug-likeness (QED) is 0.763. The predicted octanol–water partition coefficient (Wildman–Crippen LogP) is 2.62. The number of aromatic nitrogens is 1. The van der Waals surface area contributed by atoms with E-state index < -0.39 is 0 Å². The summed E-state index contributed by atoms with van der Waals surface area (Å²) in [7, 11) is 0. The monoisotopic (exact) mass is 216 g/mol. The molecular weight excluding hydrogens is 200 g/mol. The number of nitrogens with zero attached hydrogens (tertiary/aromatic N) is 2. The summed E-state index contributed by atoms with van der Waals surface area (Å²) in [4.78, 5) is 4.48. The maximum Gasteiger partial charge on any atom is 0.232 e. The second kappa shape index (κ2) is 4.52. The van der Waals surface area contributed by atoms with Crippen LogP contribution in [0.1, 0.15) is 43.5 Å². The summed E-state index contributed by atoms with van der Waals surface area (Å²) >= 11 is 0. The van der Waals surface area contributed by atoms with Crippen LogP contribution in [-0.4, -0.2) is 11.1 Å². The predicted molar refractivity (Wildman–Crippen MR) is 61.4 cm³/mol. The maximum absolute atomic E-state index is 9.06. The van der Waals surface area contributed by atoms with Gasteiger partial charge in [-0.3, -0.25) is 0 Å². The highest BCUT2D eigenvalue weighted by atomic mass is 16.5. The Morgan fingerprint density at radius 3 is 2.81 bits per heavy atom. The molecule has 0 unspecified atom stereocenters. The highest BCUT2D eigenvalue weighted by Crippen LogP contribution is 2.25. The first-order chi connectivity index (χ1) is 7.70. The van der Waals surface area contributed by atoms with Crippen molar-refractivity contribution in [2.24, 2.45) is 0 Å². The van der Waals surface area contributed by atoms with Crippen LogP contribution in [0.3, 0.4) is 0 Å². The van der Waals surface area contributed by atoms with E-state index in [1.807, 2.05) is 19.9 Å². The van der Waals surface area contributed by atoms with Gasteiger partial charge in [0.15, 0.2) is 0 Å². The van der Waals surface area contributed by atoms with Gasteiger partial charge in [0.25, 0.3) is 0 Å². The lowest BCUT2D eigenvalue weighted by Gasteiger charge is -2.17. The molecule has 2 rings (SSSR count). The van der Waals surface area contributed by atoms with Gasteiger partial charge >= 0.3 is 0 Å². The number of rotatable bonds is 2. The van der Waals surface area contributed by atoms with E-state index >= 15 is 0 Å². The van der Waals surface area contributed by atoms with Crippen molar-refractivity contribution in [2.75, 3.05) is 0 Å². The molecule has 0 radical (unpaired) electrons. The molecule has 1 aliphatic carbocycles. The van der Waals surface area contributed by atoms with Crippen LogP contribution in [-0.2, 0) is 12.8 Å². The summed E-state index contributed by atoms with van der Waals surface area (Å²) in [6.07, 6.45) is 4.49. The fourth-order valence-corrected chi connectivity index (χ4v) is 2.01. The molecule has 1 heterocycles. The molecule has 0 saturated heterocycles. The lowest BCUT2D eigenvalue weighted by molar-refractivity contribution is 0.231. The van der Waals surface area contributed by atoms with Gasteiger partial charge in [0.2, 0.25) is 5.88 Å². The summed E-state index contributed by atoms with van der Waals surface area (Å²) in [5.74, 6) is 0.498. The molecule has 0 fully saturated rings. The standard InChI is InChI=1S/C13H16N2O/c1-9(2)16-13-11(8-14)7-10-5-3-4-6-12(10)15-13/h7,9H,3-6H2,1-2H3. The molecule has 84 valence electrons. The van der Waals surface area contributed by atoms with E-state index in [1.54, 1.807) is 0 Å². The van der Waals surface area contributed by atoms with Crippen molar-refractivity contribution in [1.29, 1.82) is 5.26 Å². The van der Waals surface area contributed by atoms with Crippen molar-refractivity contribution in [3.63, 3.8) is 0 Å². The van der Waals surface area contributed by atoms with Crippen LogP contribution in [0.2, 0.25) is 0 Å². The van der Waals surface area contributed by atoms with Crippen LogP contribution >= 0.6 is 0 Å². The SMILES string of the molecule is CC(C)Oc1nc2c(cc1C#N)CCCC2. The van der Waals surface area contributed by atoms with Gasteiger partial charge in [0.1, 0.15) is 11.6 Å². The topological polar surface area (TPSA) is 45.9 Å². The highest BCUT2D eigenvalue weighted by molar-refractivity contribution is 5.43. The fraction of sp³-hybridized carbons (Fsp3) is 0.538. The number of hydrogen-bond acceptors (Lipinski definition) is 3. The van der Waals surface area contributed by atoms with Crippen molar-refractivity contribution in [3.8, 4) is 11.9 Å². The summed E-state index contributed by atoms with van der Waals surface area (Å²) in [5, 5.41) is 9.06. The number of aryl methyl sites for hydroxylation is 2. The molecule has 0 bridgehead atoms. The van der Waals surface area contributed by atoms with E-state index in [0.717, 1.165) is 18.5 Å². The third-order valence-electron chi connectivity index (χ3n) is 2.73. The van der Waals surface area contributed by atoms with E-state index in [2.05, 4.69) is 11.1 Å². The third kappa shape index (κ3) is 2.16. The van der Waals surface area contributed by atoms with Crippen molar-refractivity contribution >= 4 is 0 Å². The Kier molecular flexibility index (Phi) is 3.09. The highest BCUT2D eigenvalue weighted by Gasteiger charge is 2.16. The first-order valence-corrected chi connectivity index (χ1v) is 5.80. The second-order valence-corrected chi connectivity index (χ2v) is 4.43. The molecule has 0 spiro atoms. The van der Waals surface area contributed by atoms with Gasteiger partial charge in [-0.25, -0.2) is 4.98 Å². The van der Waals surface area contributed by atoms with Crippen molar-refractivity contribution < 1.29 is 4.74 Å². The number of ether oxygens (including phenoxy) is 1. The fourth-order valence-electron chi connectivity index (χ4n) is 2.01. The van der Waals surface area contributed by atoms with Gasteiger partial charge in [0.05, 0.1) is 6.10 Å². The van der Waals surface area contributed by atoms with Gasteiger partial charge in [-0.05, 0) is 51.2 Å². The Morgan fingerprint density at radius 1 is 1.38 bits per heavy atom. The van der Waals surface area contributed by atoms with E-state index in [4.69, 9.17) is 10.00 Å². The summed E-state index contributed by atoms with van der Waals surface area (Å²) in [5.41, 5.74) is 2.90. The Balaban J connectivity index is 2.40. The summed E-state index contributed by atoms with van der Waals surface area (Å²) in [6.45, 7) is 3.89. The minimum absolute atomic E-state index is 0.0567. The zero-order valence-corrected chi connectivity index (χ0v) is 9.79. The van der Waals surface area contributed by atoms with Crippen molar-refractivity contribution in [1.82, 2.24) is 4.98 Å². The van der Waals surface area contributed by atoms with Crippen LogP contribution < -0.4 is 4.74 Å². The van der Waals surface area contributed by atoms with E-state index in [9.17, 15) is 0 Å². The molecular formula is C13H16N2O. The smallest absolute Gasteiger partial charge is 0.232 e. The number of hydrogen-bond donors (Lipinski definition) is 0. The van der Waals surface area contributed by atoms with Crippen molar-refractivity contribution in [3.05, 3.63) is 22.9 Å². The Morgan fingerprint density at radius 2 is 2.12 bits per heavy atom. The first kappa shape index (κ1) is 10.9. The van der Waals surface area contributed by atoms with Crippen LogP contribution in [0, 0.1) is 11.3 Å². The zero-order valence-electron chi connectivity index (χ0n) is 9.79. The molecule has 0 N–H and O–H groups in total. The number of pyridine rings is 1.